The molecule has 1 atom stereocenters. The van der Waals surface area contributed by atoms with Crippen molar-refractivity contribution in [3.63, 3.8) is 0 Å². The first-order valence-electron chi connectivity index (χ1n) is 7.76. The van der Waals surface area contributed by atoms with E-state index in [0.29, 0.717) is 11.3 Å². The average molecular weight is 318 g/mol. The van der Waals surface area contributed by atoms with Crippen molar-refractivity contribution in [2.45, 2.75) is 38.8 Å². The quantitative estimate of drug-likeness (QED) is 0.869. The monoisotopic (exact) mass is 318 g/mol. The van der Waals surface area contributed by atoms with Crippen LogP contribution in [0.15, 0.2) is 35.5 Å². The summed E-state index contributed by atoms with van der Waals surface area (Å²) in [7, 11) is 0. The molecule has 6 heteroatoms. The fourth-order valence-corrected chi connectivity index (χ4v) is 2.95. The summed E-state index contributed by atoms with van der Waals surface area (Å²) in [6, 6.07) is 5.10. The number of carbonyl (C=O) groups excluding carboxylic acids is 2. The number of ether oxygens (including phenoxy) is 1. The molecule has 122 valence electrons. The highest BCUT2D eigenvalue weighted by Gasteiger charge is 2.43. The molecule has 2 amide bonds. The first-order valence-corrected chi connectivity index (χ1v) is 7.76. The third-order valence-electron chi connectivity index (χ3n) is 4.15. The van der Waals surface area contributed by atoms with Gasteiger partial charge in [-0.15, -0.1) is 0 Å². The molecule has 1 aliphatic heterocycles. The molecular weight excluding hydrogens is 299 g/mol. The molecule has 2 aliphatic rings. The van der Waals surface area contributed by atoms with E-state index >= 15 is 0 Å². The van der Waals surface area contributed by atoms with E-state index in [1.54, 1.807) is 36.9 Å². The first-order chi connectivity index (χ1) is 11.0. The predicted molar refractivity (Wildman–Crippen MR) is 81.9 cm³/mol. The highest BCUT2D eigenvalue weighted by atomic mass is 19.1. The SMILES string of the molecule is CCOC(=O)C1=C(C)N(C2CC2)C(=O)N[C@H]1c1ccccc1F. The second-order valence-electron chi connectivity index (χ2n) is 5.72. The highest BCUT2D eigenvalue weighted by molar-refractivity contribution is 5.95. The van der Waals surface area contributed by atoms with Crippen molar-refractivity contribution in [2.24, 2.45) is 0 Å². The molecule has 1 aromatic rings. The van der Waals surface area contributed by atoms with Crippen LogP contribution in [0.1, 0.15) is 38.3 Å². The van der Waals surface area contributed by atoms with Crippen molar-refractivity contribution in [1.29, 1.82) is 0 Å². The summed E-state index contributed by atoms with van der Waals surface area (Å²) in [5.74, 6) is -0.990. The van der Waals surface area contributed by atoms with E-state index in [1.807, 2.05) is 0 Å². The van der Waals surface area contributed by atoms with E-state index in [0.717, 1.165) is 12.8 Å². The maximum Gasteiger partial charge on any atom is 0.338 e. The summed E-state index contributed by atoms with van der Waals surface area (Å²) in [5.41, 5.74) is 1.10. The van der Waals surface area contributed by atoms with Crippen molar-refractivity contribution >= 4 is 12.0 Å². The minimum Gasteiger partial charge on any atom is -0.463 e. The van der Waals surface area contributed by atoms with Crippen molar-refractivity contribution < 1.29 is 18.7 Å². The van der Waals surface area contributed by atoms with E-state index in [1.165, 1.54) is 6.07 Å². The second kappa shape index (κ2) is 6.02. The molecule has 0 radical (unpaired) electrons. The van der Waals surface area contributed by atoms with Gasteiger partial charge < -0.3 is 10.1 Å². The normalized spacial score (nSPS) is 21.3. The third kappa shape index (κ3) is 2.81. The Morgan fingerprint density at radius 1 is 1.39 bits per heavy atom. The number of hydrogen-bond acceptors (Lipinski definition) is 3. The van der Waals surface area contributed by atoms with Gasteiger partial charge in [-0.2, -0.15) is 0 Å². The van der Waals surface area contributed by atoms with Crippen LogP contribution >= 0.6 is 0 Å². The third-order valence-corrected chi connectivity index (χ3v) is 4.15. The van der Waals surface area contributed by atoms with Gasteiger partial charge in [0.2, 0.25) is 0 Å². The Hall–Kier alpha value is -2.37. The van der Waals surface area contributed by atoms with Gasteiger partial charge >= 0.3 is 12.0 Å². The number of amides is 2. The van der Waals surface area contributed by atoms with Crippen LogP contribution < -0.4 is 5.32 Å². The predicted octanol–water partition coefficient (Wildman–Crippen LogP) is 2.89. The van der Waals surface area contributed by atoms with Crippen LogP contribution in [-0.2, 0) is 9.53 Å². The fraction of sp³-hybridized carbons (Fsp3) is 0.412. The average Bonchev–Trinajstić information content (AvgIpc) is 3.32. The molecule has 1 heterocycles. The second-order valence-corrected chi connectivity index (χ2v) is 5.72. The van der Waals surface area contributed by atoms with Crippen molar-refractivity contribution in [3.05, 3.63) is 46.9 Å². The Kier molecular flexibility index (Phi) is 4.07. The van der Waals surface area contributed by atoms with Gasteiger partial charge in [-0.1, -0.05) is 18.2 Å². The van der Waals surface area contributed by atoms with Crippen LogP contribution in [0.4, 0.5) is 9.18 Å². The largest absolute Gasteiger partial charge is 0.463 e. The molecule has 1 aliphatic carbocycles. The number of urea groups is 1. The van der Waals surface area contributed by atoms with Gasteiger partial charge in [0.25, 0.3) is 0 Å². The maximum atomic E-state index is 14.2. The van der Waals surface area contributed by atoms with Crippen LogP contribution in [0.3, 0.4) is 0 Å². The molecule has 0 unspecified atom stereocenters. The van der Waals surface area contributed by atoms with E-state index in [9.17, 15) is 14.0 Å². The smallest absolute Gasteiger partial charge is 0.338 e. The summed E-state index contributed by atoms with van der Waals surface area (Å²) in [6.07, 6.45) is 1.82. The molecule has 0 saturated heterocycles. The van der Waals surface area contributed by atoms with Gasteiger partial charge in [0.1, 0.15) is 5.82 Å². The fourth-order valence-electron chi connectivity index (χ4n) is 2.95. The first kappa shape index (κ1) is 15.5. The van der Waals surface area contributed by atoms with Gasteiger partial charge in [0.05, 0.1) is 18.2 Å². The van der Waals surface area contributed by atoms with E-state index < -0.39 is 17.8 Å². The van der Waals surface area contributed by atoms with Crippen LogP contribution in [0.25, 0.3) is 0 Å². The van der Waals surface area contributed by atoms with Gasteiger partial charge in [-0.05, 0) is 32.8 Å². The number of rotatable bonds is 4. The highest BCUT2D eigenvalue weighted by Crippen LogP contribution is 2.38. The number of halogens is 1. The molecule has 0 bridgehead atoms. The molecule has 1 fully saturated rings. The Morgan fingerprint density at radius 2 is 2.09 bits per heavy atom. The molecule has 0 aromatic heterocycles. The van der Waals surface area contributed by atoms with E-state index in [-0.39, 0.29) is 24.2 Å². The number of esters is 1. The zero-order valence-electron chi connectivity index (χ0n) is 13.1. The van der Waals surface area contributed by atoms with Crippen LogP contribution in [0, 0.1) is 5.82 Å². The number of nitrogens with zero attached hydrogens (tertiary/aromatic N) is 1. The molecule has 3 rings (SSSR count). The number of hydrogen-bond donors (Lipinski definition) is 1. The topological polar surface area (TPSA) is 58.6 Å². The van der Waals surface area contributed by atoms with Crippen LogP contribution in [0.2, 0.25) is 0 Å². The number of carbonyl (C=O) groups is 2. The summed E-state index contributed by atoms with van der Waals surface area (Å²) < 4.78 is 19.3. The van der Waals surface area contributed by atoms with Crippen LogP contribution in [0.5, 0.6) is 0 Å². The summed E-state index contributed by atoms with van der Waals surface area (Å²) in [4.78, 5) is 26.4. The lowest BCUT2D eigenvalue weighted by Gasteiger charge is -2.35. The lowest BCUT2D eigenvalue weighted by atomic mass is 9.94. The summed E-state index contributed by atoms with van der Waals surface area (Å²) in [6.45, 7) is 3.65. The van der Waals surface area contributed by atoms with Crippen molar-refractivity contribution in [2.75, 3.05) is 6.61 Å². The lowest BCUT2D eigenvalue weighted by Crippen LogP contribution is -2.49. The number of benzene rings is 1. The lowest BCUT2D eigenvalue weighted by molar-refractivity contribution is -0.139. The molecule has 1 aromatic carbocycles. The molecule has 0 spiro atoms. The van der Waals surface area contributed by atoms with Gasteiger partial charge in [0, 0.05) is 17.3 Å². The zero-order chi connectivity index (χ0) is 16.6. The minimum absolute atomic E-state index is 0.112. The van der Waals surface area contributed by atoms with Gasteiger partial charge in [-0.25, -0.2) is 14.0 Å². The number of nitrogens with one attached hydrogen (secondary N) is 1. The van der Waals surface area contributed by atoms with Gasteiger partial charge in [-0.3, -0.25) is 4.90 Å². The Balaban J connectivity index is 2.08. The van der Waals surface area contributed by atoms with Crippen LogP contribution in [-0.4, -0.2) is 29.5 Å². The summed E-state index contributed by atoms with van der Waals surface area (Å²) >= 11 is 0. The number of allylic oxidation sites excluding steroid dienone is 1. The molecule has 1 saturated carbocycles. The molecule has 1 N–H and O–H groups in total. The molecular formula is C17H19FN2O3. The van der Waals surface area contributed by atoms with E-state index in [4.69, 9.17) is 4.74 Å². The maximum absolute atomic E-state index is 14.2. The molecule has 5 nitrogen and oxygen atoms in total. The Labute approximate surface area is 134 Å². The molecule has 23 heavy (non-hydrogen) atoms. The minimum atomic E-state index is -0.835. The summed E-state index contributed by atoms with van der Waals surface area (Å²) in [5, 5.41) is 2.75. The Bertz CT molecular complexity index is 682. The van der Waals surface area contributed by atoms with E-state index in [2.05, 4.69) is 5.32 Å². The van der Waals surface area contributed by atoms with Crippen molar-refractivity contribution in [3.8, 4) is 0 Å². The van der Waals surface area contributed by atoms with Gasteiger partial charge in [0.15, 0.2) is 0 Å². The van der Waals surface area contributed by atoms with Crippen molar-refractivity contribution in [1.82, 2.24) is 10.2 Å². The Morgan fingerprint density at radius 3 is 2.70 bits per heavy atom. The zero-order valence-corrected chi connectivity index (χ0v) is 13.1. The standard InChI is InChI=1S/C17H19FN2O3/c1-3-23-16(21)14-10(2)20(11-8-9-11)17(22)19-15(14)12-6-4-5-7-13(12)18/h4-7,11,15H,3,8-9H2,1-2H3,(H,19,22)/t15-/m0/s1.